The highest BCUT2D eigenvalue weighted by molar-refractivity contribution is 5.78. The molecule has 5 rings (SSSR count). The first-order chi connectivity index (χ1) is 18.2. The number of rotatable bonds is 10. The van der Waals surface area contributed by atoms with Gasteiger partial charge in [0.25, 0.3) is 0 Å². The van der Waals surface area contributed by atoms with Gasteiger partial charge in [-0.1, -0.05) is 91.0 Å². The van der Waals surface area contributed by atoms with E-state index in [4.69, 9.17) is 14.2 Å². The number of amides is 1. The van der Waals surface area contributed by atoms with E-state index in [0.29, 0.717) is 25.4 Å². The van der Waals surface area contributed by atoms with Gasteiger partial charge in [-0.3, -0.25) is 9.69 Å². The number of hydrogen-bond donors (Lipinski definition) is 0. The summed E-state index contributed by atoms with van der Waals surface area (Å²) in [7, 11) is 0. The second-order valence-corrected chi connectivity index (χ2v) is 9.46. The van der Waals surface area contributed by atoms with Gasteiger partial charge in [-0.15, -0.1) is 0 Å². The highest BCUT2D eigenvalue weighted by Gasteiger charge is 2.26. The fourth-order valence-corrected chi connectivity index (χ4v) is 4.88. The van der Waals surface area contributed by atoms with E-state index >= 15 is 0 Å². The molecular formula is C31H34N2O4. The van der Waals surface area contributed by atoms with Gasteiger partial charge in [0.1, 0.15) is 6.61 Å². The minimum absolute atomic E-state index is 0.0638. The van der Waals surface area contributed by atoms with Crippen LogP contribution in [0.15, 0.2) is 103 Å². The van der Waals surface area contributed by atoms with Gasteiger partial charge in [-0.25, -0.2) is 0 Å². The topological polar surface area (TPSA) is 51.2 Å². The van der Waals surface area contributed by atoms with Crippen molar-refractivity contribution in [2.24, 2.45) is 0 Å². The Balaban J connectivity index is 1.04. The molecule has 1 amide bonds. The fourth-order valence-electron chi connectivity index (χ4n) is 4.88. The van der Waals surface area contributed by atoms with Crippen molar-refractivity contribution in [3.05, 3.63) is 120 Å². The third kappa shape index (κ3) is 6.92. The summed E-state index contributed by atoms with van der Waals surface area (Å²) in [5.74, 6) is 0.705. The lowest BCUT2D eigenvalue weighted by atomic mass is 9.88. The normalized spacial score (nSPS) is 17.7. The van der Waals surface area contributed by atoms with Crippen LogP contribution in [-0.2, 0) is 25.4 Å². The van der Waals surface area contributed by atoms with E-state index < -0.39 is 0 Å². The van der Waals surface area contributed by atoms with Crippen molar-refractivity contribution in [2.75, 3.05) is 39.3 Å². The number of benzene rings is 3. The number of ether oxygens (including phenoxy) is 3. The largest absolute Gasteiger partial charge is 0.462 e. The molecule has 3 aromatic rings. The molecule has 1 unspecified atom stereocenters. The molecule has 0 bridgehead atoms. The van der Waals surface area contributed by atoms with Gasteiger partial charge in [0.05, 0.1) is 0 Å². The summed E-state index contributed by atoms with van der Waals surface area (Å²) in [5.41, 5.74) is 3.51. The standard InChI is InChI=1S/C31H34N2O4/c34-29(23-28(26-12-6-2-7-13-26)27-14-8-3-9-15-27)33-18-16-32(17-19-33)20-21-35-31-24-36-30(37-31)22-25-10-4-1-5-11-25/h1-15,24,28,30H,16-23H2. The molecule has 0 aliphatic carbocycles. The van der Waals surface area contributed by atoms with Gasteiger partial charge in [-0.2, -0.15) is 0 Å². The van der Waals surface area contributed by atoms with E-state index in [1.165, 1.54) is 11.1 Å². The zero-order chi connectivity index (χ0) is 25.3. The Morgan fingerprint density at radius 3 is 2.05 bits per heavy atom. The number of hydrogen-bond acceptors (Lipinski definition) is 5. The van der Waals surface area contributed by atoms with Gasteiger partial charge in [0, 0.05) is 51.5 Å². The molecule has 2 aliphatic rings. The zero-order valence-electron chi connectivity index (χ0n) is 21.1. The lowest BCUT2D eigenvalue weighted by molar-refractivity contribution is -0.133. The Hall–Kier alpha value is -3.77. The van der Waals surface area contributed by atoms with Crippen LogP contribution in [-0.4, -0.2) is 61.3 Å². The van der Waals surface area contributed by atoms with E-state index in [0.717, 1.165) is 38.3 Å². The van der Waals surface area contributed by atoms with E-state index in [2.05, 4.69) is 41.3 Å². The van der Waals surface area contributed by atoms with Crippen LogP contribution in [0.2, 0.25) is 0 Å². The second kappa shape index (κ2) is 12.5. The van der Waals surface area contributed by atoms with Crippen molar-refractivity contribution in [1.82, 2.24) is 9.80 Å². The maximum Gasteiger partial charge on any atom is 0.318 e. The second-order valence-electron chi connectivity index (χ2n) is 9.46. The summed E-state index contributed by atoms with van der Waals surface area (Å²) >= 11 is 0. The van der Waals surface area contributed by atoms with Crippen molar-refractivity contribution in [1.29, 1.82) is 0 Å². The molecular weight excluding hydrogens is 464 g/mol. The van der Waals surface area contributed by atoms with Crippen LogP contribution in [0.4, 0.5) is 0 Å². The third-order valence-electron chi connectivity index (χ3n) is 6.97. The predicted octanol–water partition coefficient (Wildman–Crippen LogP) is 4.78. The summed E-state index contributed by atoms with van der Waals surface area (Å²) in [4.78, 5) is 17.6. The fraction of sp³-hybridized carbons (Fsp3) is 0.323. The molecule has 37 heavy (non-hydrogen) atoms. The highest BCUT2D eigenvalue weighted by atomic mass is 16.8. The molecule has 192 valence electrons. The van der Waals surface area contributed by atoms with Crippen LogP contribution in [0.5, 0.6) is 0 Å². The summed E-state index contributed by atoms with van der Waals surface area (Å²) in [6.07, 6.45) is 2.37. The van der Waals surface area contributed by atoms with Crippen LogP contribution in [0.1, 0.15) is 29.0 Å². The Labute approximate surface area is 219 Å². The zero-order valence-corrected chi connectivity index (χ0v) is 21.1. The molecule has 1 atom stereocenters. The number of carbonyl (C=O) groups is 1. The number of nitrogens with zero attached hydrogens (tertiary/aromatic N) is 2. The van der Waals surface area contributed by atoms with E-state index in [9.17, 15) is 4.79 Å². The maximum atomic E-state index is 13.3. The predicted molar refractivity (Wildman–Crippen MR) is 143 cm³/mol. The van der Waals surface area contributed by atoms with Crippen molar-refractivity contribution in [2.45, 2.75) is 25.0 Å². The van der Waals surface area contributed by atoms with Gasteiger partial charge in [0.2, 0.25) is 12.2 Å². The molecule has 3 aromatic carbocycles. The quantitative estimate of drug-likeness (QED) is 0.403. The van der Waals surface area contributed by atoms with E-state index in [-0.39, 0.29) is 18.1 Å². The van der Waals surface area contributed by atoms with Gasteiger partial charge < -0.3 is 19.1 Å². The SMILES string of the molecule is O=C(CC(c1ccccc1)c1ccccc1)N1CCN(CCOC2=COC(Cc3ccccc3)O2)CC1. The minimum atomic E-state index is -0.345. The Bertz CT molecular complexity index is 1110. The third-order valence-corrected chi connectivity index (χ3v) is 6.97. The van der Waals surface area contributed by atoms with Gasteiger partial charge in [0.15, 0.2) is 6.26 Å². The van der Waals surface area contributed by atoms with E-state index in [1.54, 1.807) is 6.26 Å². The van der Waals surface area contributed by atoms with Crippen LogP contribution in [0.3, 0.4) is 0 Å². The smallest absolute Gasteiger partial charge is 0.318 e. The van der Waals surface area contributed by atoms with E-state index in [1.807, 2.05) is 59.5 Å². The molecule has 1 fully saturated rings. The minimum Gasteiger partial charge on any atom is -0.462 e. The first kappa shape index (κ1) is 24.9. The molecule has 0 aromatic heterocycles. The summed E-state index contributed by atoms with van der Waals surface area (Å²) in [6, 6.07) is 30.8. The van der Waals surface area contributed by atoms with Crippen LogP contribution >= 0.6 is 0 Å². The van der Waals surface area contributed by atoms with Crippen molar-refractivity contribution >= 4 is 5.91 Å². The Kier molecular flexibility index (Phi) is 8.39. The average molecular weight is 499 g/mol. The highest BCUT2D eigenvalue weighted by Crippen LogP contribution is 2.29. The van der Waals surface area contributed by atoms with Crippen molar-refractivity contribution < 1.29 is 19.0 Å². The molecule has 0 saturated carbocycles. The lowest BCUT2D eigenvalue weighted by Gasteiger charge is -2.35. The first-order valence-corrected chi connectivity index (χ1v) is 13.0. The Morgan fingerprint density at radius 2 is 1.43 bits per heavy atom. The molecule has 6 nitrogen and oxygen atoms in total. The molecule has 0 spiro atoms. The molecule has 0 radical (unpaired) electrons. The molecule has 6 heteroatoms. The molecule has 2 aliphatic heterocycles. The average Bonchev–Trinajstić information content (AvgIpc) is 3.40. The van der Waals surface area contributed by atoms with Crippen LogP contribution in [0.25, 0.3) is 0 Å². The molecule has 0 N–H and O–H groups in total. The summed E-state index contributed by atoms with van der Waals surface area (Å²) < 4.78 is 17.1. The monoisotopic (exact) mass is 498 g/mol. The summed E-state index contributed by atoms with van der Waals surface area (Å²) in [6.45, 7) is 4.44. The molecule has 1 saturated heterocycles. The lowest BCUT2D eigenvalue weighted by Crippen LogP contribution is -2.49. The van der Waals surface area contributed by atoms with Gasteiger partial charge in [-0.05, 0) is 16.7 Å². The first-order valence-electron chi connectivity index (χ1n) is 13.0. The van der Waals surface area contributed by atoms with Crippen molar-refractivity contribution in [3.8, 4) is 0 Å². The van der Waals surface area contributed by atoms with Gasteiger partial charge >= 0.3 is 5.95 Å². The Morgan fingerprint density at radius 1 is 0.838 bits per heavy atom. The maximum absolute atomic E-state index is 13.3. The number of piperazine rings is 1. The number of carbonyl (C=O) groups excluding carboxylic acids is 1. The van der Waals surface area contributed by atoms with Crippen molar-refractivity contribution in [3.63, 3.8) is 0 Å². The van der Waals surface area contributed by atoms with Crippen LogP contribution in [0, 0.1) is 0 Å². The van der Waals surface area contributed by atoms with Crippen LogP contribution < -0.4 is 0 Å². The summed E-state index contributed by atoms with van der Waals surface area (Å²) in [5, 5.41) is 0. The molecule has 2 heterocycles.